The predicted molar refractivity (Wildman–Crippen MR) is 76.4 cm³/mol. The highest BCUT2D eigenvalue weighted by molar-refractivity contribution is 7.16. The van der Waals surface area contributed by atoms with Gasteiger partial charge in [-0.3, -0.25) is 0 Å². The van der Waals surface area contributed by atoms with E-state index in [4.69, 9.17) is 5.26 Å². The lowest BCUT2D eigenvalue weighted by molar-refractivity contribution is 0.229. The van der Waals surface area contributed by atoms with Crippen molar-refractivity contribution in [3.63, 3.8) is 0 Å². The van der Waals surface area contributed by atoms with Crippen LogP contribution in [0.25, 0.3) is 0 Å². The van der Waals surface area contributed by atoms with Crippen molar-refractivity contribution in [1.82, 2.24) is 20.0 Å². The molecule has 0 aromatic carbocycles. The van der Waals surface area contributed by atoms with Gasteiger partial charge in [0.1, 0.15) is 17.3 Å². The Bertz CT molecular complexity index is 599. The van der Waals surface area contributed by atoms with Gasteiger partial charge in [-0.2, -0.15) is 5.26 Å². The van der Waals surface area contributed by atoms with Crippen molar-refractivity contribution < 1.29 is 0 Å². The third-order valence-corrected chi connectivity index (χ3v) is 4.06. The molecular weight excluding hydrogens is 272 g/mol. The number of thiazole rings is 1. The summed E-state index contributed by atoms with van der Waals surface area (Å²) in [6.07, 6.45) is 8.45. The van der Waals surface area contributed by atoms with E-state index in [0.29, 0.717) is 4.88 Å². The standard InChI is InChI=1S/C13H14N6S/c14-8-11-9-16-13(20-11)19(12-4-5-15-10-17-12)18-6-2-1-3-7-18/h4-5,9-10H,1-3,6-7H2. The molecule has 1 aliphatic heterocycles. The fourth-order valence-corrected chi connectivity index (χ4v) is 3.01. The molecule has 6 nitrogen and oxygen atoms in total. The summed E-state index contributed by atoms with van der Waals surface area (Å²) in [4.78, 5) is 13.3. The number of rotatable bonds is 3. The van der Waals surface area contributed by atoms with Crippen LogP contribution in [0, 0.1) is 11.3 Å². The number of aromatic nitrogens is 3. The lowest BCUT2D eigenvalue weighted by Crippen LogP contribution is -2.43. The molecular formula is C13H14N6S. The van der Waals surface area contributed by atoms with Crippen LogP contribution < -0.4 is 5.01 Å². The van der Waals surface area contributed by atoms with E-state index in [0.717, 1.165) is 36.9 Å². The molecule has 0 radical (unpaired) electrons. The maximum Gasteiger partial charge on any atom is 0.207 e. The Morgan fingerprint density at radius 1 is 1.25 bits per heavy atom. The zero-order valence-electron chi connectivity index (χ0n) is 10.9. The summed E-state index contributed by atoms with van der Waals surface area (Å²) in [6, 6.07) is 4.00. The number of anilines is 2. The monoisotopic (exact) mass is 286 g/mol. The van der Waals surface area contributed by atoms with Gasteiger partial charge in [-0.05, 0) is 12.8 Å². The molecule has 7 heteroatoms. The first-order valence-electron chi connectivity index (χ1n) is 6.55. The van der Waals surface area contributed by atoms with Crippen molar-refractivity contribution in [3.05, 3.63) is 29.7 Å². The lowest BCUT2D eigenvalue weighted by Gasteiger charge is -2.36. The fraction of sp³-hybridized carbons (Fsp3) is 0.385. The van der Waals surface area contributed by atoms with Crippen LogP contribution in [-0.4, -0.2) is 33.1 Å². The van der Waals surface area contributed by atoms with Crippen LogP contribution in [0.2, 0.25) is 0 Å². The molecule has 20 heavy (non-hydrogen) atoms. The zero-order valence-corrected chi connectivity index (χ0v) is 11.8. The van der Waals surface area contributed by atoms with Gasteiger partial charge in [0.05, 0.1) is 6.20 Å². The van der Waals surface area contributed by atoms with Crippen molar-refractivity contribution >= 4 is 22.3 Å². The normalized spacial score (nSPS) is 15.8. The topological polar surface area (TPSA) is 68.9 Å². The lowest BCUT2D eigenvalue weighted by atomic mass is 10.2. The first-order valence-corrected chi connectivity index (χ1v) is 7.37. The number of nitrogens with zero attached hydrogens (tertiary/aromatic N) is 6. The van der Waals surface area contributed by atoms with Crippen LogP contribution in [0.4, 0.5) is 10.9 Å². The maximum absolute atomic E-state index is 8.98. The Morgan fingerprint density at radius 2 is 2.10 bits per heavy atom. The minimum Gasteiger partial charge on any atom is -0.245 e. The highest BCUT2D eigenvalue weighted by Crippen LogP contribution is 2.30. The van der Waals surface area contributed by atoms with Gasteiger partial charge in [-0.1, -0.05) is 17.8 Å². The smallest absolute Gasteiger partial charge is 0.207 e. The van der Waals surface area contributed by atoms with Crippen LogP contribution in [0.3, 0.4) is 0 Å². The Hall–Kier alpha value is -2.04. The van der Waals surface area contributed by atoms with Crippen LogP contribution >= 0.6 is 11.3 Å². The van der Waals surface area contributed by atoms with Crippen molar-refractivity contribution in [1.29, 1.82) is 5.26 Å². The second-order valence-corrected chi connectivity index (χ2v) is 5.52. The molecule has 0 N–H and O–H groups in total. The zero-order chi connectivity index (χ0) is 13.8. The van der Waals surface area contributed by atoms with Crippen molar-refractivity contribution in [2.24, 2.45) is 0 Å². The number of piperidine rings is 1. The molecule has 2 aromatic rings. The highest BCUT2D eigenvalue weighted by atomic mass is 32.1. The van der Waals surface area contributed by atoms with Gasteiger partial charge >= 0.3 is 0 Å². The Kier molecular flexibility index (Phi) is 3.85. The summed E-state index contributed by atoms with van der Waals surface area (Å²) in [6.45, 7) is 1.96. The molecule has 1 fully saturated rings. The van der Waals surface area contributed by atoms with Gasteiger partial charge in [0.15, 0.2) is 5.82 Å². The molecule has 0 saturated carbocycles. The number of nitriles is 1. The van der Waals surface area contributed by atoms with E-state index < -0.39 is 0 Å². The van der Waals surface area contributed by atoms with E-state index in [1.54, 1.807) is 12.4 Å². The summed E-state index contributed by atoms with van der Waals surface area (Å²) in [7, 11) is 0. The summed E-state index contributed by atoms with van der Waals surface area (Å²) in [5.74, 6) is 0.792. The molecule has 1 aliphatic rings. The van der Waals surface area contributed by atoms with Crippen LogP contribution in [0.5, 0.6) is 0 Å². The molecule has 0 atom stereocenters. The van der Waals surface area contributed by atoms with E-state index in [2.05, 4.69) is 26.0 Å². The Balaban J connectivity index is 1.96. The largest absolute Gasteiger partial charge is 0.245 e. The molecule has 1 saturated heterocycles. The SMILES string of the molecule is N#Cc1cnc(N(c2ccncn2)N2CCCCC2)s1. The molecule has 3 heterocycles. The minimum absolute atomic E-state index is 0.607. The highest BCUT2D eigenvalue weighted by Gasteiger charge is 2.23. The molecule has 3 rings (SSSR count). The second kappa shape index (κ2) is 5.94. The van der Waals surface area contributed by atoms with Crippen molar-refractivity contribution in [3.8, 4) is 6.07 Å². The van der Waals surface area contributed by atoms with Gasteiger partial charge in [0, 0.05) is 25.4 Å². The van der Waals surface area contributed by atoms with Crippen LogP contribution in [-0.2, 0) is 0 Å². The fourth-order valence-electron chi connectivity index (χ4n) is 2.26. The number of hydrogen-bond acceptors (Lipinski definition) is 7. The van der Waals surface area contributed by atoms with Gasteiger partial charge in [-0.15, -0.1) is 0 Å². The molecule has 0 unspecified atom stereocenters. The first kappa shape index (κ1) is 13.0. The van der Waals surface area contributed by atoms with Gasteiger partial charge in [0.25, 0.3) is 0 Å². The maximum atomic E-state index is 8.98. The van der Waals surface area contributed by atoms with E-state index >= 15 is 0 Å². The molecule has 0 aliphatic carbocycles. The summed E-state index contributed by atoms with van der Waals surface area (Å²) >= 11 is 1.38. The number of hydrazine groups is 1. The molecule has 102 valence electrons. The van der Waals surface area contributed by atoms with Crippen LogP contribution in [0.1, 0.15) is 24.1 Å². The molecule has 0 bridgehead atoms. The quantitative estimate of drug-likeness (QED) is 0.862. The number of hydrogen-bond donors (Lipinski definition) is 0. The van der Waals surface area contributed by atoms with Gasteiger partial charge in [-0.25, -0.2) is 25.0 Å². The Labute approximate surface area is 121 Å². The minimum atomic E-state index is 0.607. The third-order valence-electron chi connectivity index (χ3n) is 3.18. The van der Waals surface area contributed by atoms with Crippen molar-refractivity contribution in [2.45, 2.75) is 19.3 Å². The molecule has 0 spiro atoms. The van der Waals surface area contributed by atoms with Gasteiger partial charge < -0.3 is 0 Å². The average molecular weight is 286 g/mol. The molecule has 2 aromatic heterocycles. The predicted octanol–water partition coefficient (Wildman–Crippen LogP) is 2.34. The molecule has 0 amide bonds. The summed E-state index contributed by atoms with van der Waals surface area (Å²) < 4.78 is 0. The third kappa shape index (κ3) is 2.61. The summed E-state index contributed by atoms with van der Waals surface area (Å²) in [5, 5.41) is 14.0. The van der Waals surface area contributed by atoms with Gasteiger partial charge in [0.2, 0.25) is 5.13 Å². The van der Waals surface area contributed by atoms with Crippen LogP contribution in [0.15, 0.2) is 24.8 Å². The van der Waals surface area contributed by atoms with Crippen molar-refractivity contribution in [2.75, 3.05) is 18.1 Å². The Morgan fingerprint density at radius 3 is 2.75 bits per heavy atom. The van der Waals surface area contributed by atoms with E-state index in [-0.39, 0.29) is 0 Å². The average Bonchev–Trinajstić information content (AvgIpc) is 2.98. The van der Waals surface area contributed by atoms with E-state index in [1.807, 2.05) is 11.1 Å². The first-order chi connectivity index (χ1) is 9.88. The summed E-state index contributed by atoms with van der Waals surface area (Å²) in [5.41, 5.74) is 0. The second-order valence-electron chi connectivity index (χ2n) is 4.51. The van der Waals surface area contributed by atoms with E-state index in [9.17, 15) is 0 Å². The van der Waals surface area contributed by atoms with E-state index in [1.165, 1.54) is 24.1 Å².